The fourth-order valence-corrected chi connectivity index (χ4v) is 1.83. The van der Waals surface area contributed by atoms with E-state index in [0.29, 0.717) is 32.2 Å². The molecule has 1 aliphatic rings. The van der Waals surface area contributed by atoms with E-state index in [4.69, 9.17) is 12.0 Å². The van der Waals surface area contributed by atoms with Crippen molar-refractivity contribution in [2.75, 3.05) is 13.1 Å². The first kappa shape index (κ1) is 12.4. The van der Waals surface area contributed by atoms with Crippen LogP contribution in [0.1, 0.15) is 32.1 Å². The van der Waals surface area contributed by atoms with Crippen LogP contribution >= 0.6 is 0 Å². The zero-order valence-corrected chi connectivity index (χ0v) is 9.30. The summed E-state index contributed by atoms with van der Waals surface area (Å²) < 4.78 is 0. The van der Waals surface area contributed by atoms with Gasteiger partial charge in [0.1, 0.15) is 0 Å². The molecule has 1 aliphatic heterocycles. The molecular weight excluding hydrogens is 204 g/mol. The smallest absolute Gasteiger partial charge is 0.222 e. The number of amides is 1. The summed E-state index contributed by atoms with van der Waals surface area (Å²) >= 11 is 0. The summed E-state index contributed by atoms with van der Waals surface area (Å²) in [5.74, 6) is 2.73. The first-order valence-electron chi connectivity index (χ1n) is 5.53. The summed E-state index contributed by atoms with van der Waals surface area (Å²) in [5.41, 5.74) is 8.41. The van der Waals surface area contributed by atoms with Crippen LogP contribution < -0.4 is 0 Å². The largest absolute Gasteiger partial charge is 0.343 e. The Morgan fingerprint density at radius 1 is 1.62 bits per heavy atom. The lowest BCUT2D eigenvalue weighted by atomic mass is 10.1. The number of terminal acetylenes is 1. The van der Waals surface area contributed by atoms with Crippen molar-refractivity contribution in [1.82, 2.24) is 4.90 Å². The normalized spacial score (nSPS) is 16.7. The lowest BCUT2D eigenvalue weighted by molar-refractivity contribution is -0.127. The molecule has 1 saturated heterocycles. The van der Waals surface area contributed by atoms with Gasteiger partial charge in [0.15, 0.2) is 0 Å². The molecule has 16 heavy (non-hydrogen) atoms. The van der Waals surface area contributed by atoms with Crippen molar-refractivity contribution < 1.29 is 4.79 Å². The average molecular weight is 220 g/mol. The molecule has 0 aromatic rings. The van der Waals surface area contributed by atoms with Crippen molar-refractivity contribution in [2.45, 2.75) is 38.1 Å². The molecule has 86 valence electrons. The second-order valence-corrected chi connectivity index (χ2v) is 3.87. The van der Waals surface area contributed by atoms with Gasteiger partial charge < -0.3 is 4.90 Å². The highest BCUT2D eigenvalue weighted by Crippen LogP contribution is 2.13. The Bertz CT molecular complexity index is 327. The van der Waals surface area contributed by atoms with Gasteiger partial charge in [0, 0.05) is 36.9 Å². The van der Waals surface area contributed by atoms with Gasteiger partial charge in [0.2, 0.25) is 5.91 Å². The molecule has 0 bridgehead atoms. The van der Waals surface area contributed by atoms with Gasteiger partial charge in [-0.25, -0.2) is 0 Å². The minimum atomic E-state index is -0.0885. The zero-order valence-electron chi connectivity index (χ0n) is 9.30. The highest BCUT2D eigenvalue weighted by atomic mass is 16.2. The van der Waals surface area contributed by atoms with Crippen LogP contribution in [-0.4, -0.2) is 29.9 Å². The predicted molar refractivity (Wildman–Crippen MR) is 61.4 cm³/mol. The van der Waals surface area contributed by atoms with Gasteiger partial charge in [0.25, 0.3) is 0 Å². The van der Waals surface area contributed by atoms with E-state index in [1.807, 2.05) is 4.90 Å². The van der Waals surface area contributed by atoms with Crippen LogP contribution in [0.5, 0.6) is 0 Å². The van der Waals surface area contributed by atoms with Gasteiger partial charge >= 0.3 is 0 Å². The van der Waals surface area contributed by atoms with Crippen LogP contribution in [0.3, 0.4) is 0 Å². The van der Waals surface area contributed by atoms with Crippen LogP contribution in [-0.2, 0) is 4.79 Å². The van der Waals surface area contributed by atoms with Crippen molar-refractivity contribution in [3.63, 3.8) is 0 Å². The molecule has 1 atom stereocenters. The molecular formula is C11H16N4O. The molecule has 5 nitrogen and oxygen atoms in total. The van der Waals surface area contributed by atoms with Crippen molar-refractivity contribution in [2.24, 2.45) is 5.11 Å². The number of rotatable bonds is 6. The first-order valence-corrected chi connectivity index (χ1v) is 5.53. The summed E-state index contributed by atoms with van der Waals surface area (Å²) in [6.45, 7) is 1.50. The van der Waals surface area contributed by atoms with Gasteiger partial charge in [-0.3, -0.25) is 4.79 Å². The summed E-state index contributed by atoms with van der Waals surface area (Å²) in [4.78, 5) is 16.0. The molecule has 1 unspecified atom stereocenters. The van der Waals surface area contributed by atoms with Crippen LogP contribution in [0.2, 0.25) is 0 Å². The SMILES string of the molecule is C#CCCC(CCN1CCCC1=O)N=[N+]=[N-]. The van der Waals surface area contributed by atoms with Crippen molar-refractivity contribution >= 4 is 5.91 Å². The summed E-state index contributed by atoms with van der Waals surface area (Å²) in [6, 6.07) is -0.0885. The molecule has 0 N–H and O–H groups in total. The van der Waals surface area contributed by atoms with Gasteiger partial charge in [0.05, 0.1) is 0 Å². The van der Waals surface area contributed by atoms with Crippen LogP contribution in [0.15, 0.2) is 5.11 Å². The molecule has 0 aromatic heterocycles. The molecule has 0 radical (unpaired) electrons. The van der Waals surface area contributed by atoms with Gasteiger partial charge in [-0.05, 0) is 24.8 Å². The third-order valence-electron chi connectivity index (χ3n) is 2.74. The van der Waals surface area contributed by atoms with Crippen molar-refractivity contribution in [3.8, 4) is 12.3 Å². The molecule has 1 amide bonds. The Balaban J connectivity index is 2.34. The number of likely N-dealkylation sites (tertiary alicyclic amines) is 1. The molecule has 1 rings (SSSR count). The first-order chi connectivity index (χ1) is 7.77. The number of hydrogen-bond donors (Lipinski definition) is 0. The number of nitrogens with zero attached hydrogens (tertiary/aromatic N) is 4. The Morgan fingerprint density at radius 3 is 3.00 bits per heavy atom. The third-order valence-corrected chi connectivity index (χ3v) is 2.74. The van der Waals surface area contributed by atoms with E-state index in [0.717, 1.165) is 13.0 Å². The summed E-state index contributed by atoms with van der Waals surface area (Å²) in [7, 11) is 0. The molecule has 1 heterocycles. The Kier molecular flexibility index (Phi) is 5.24. The molecule has 0 spiro atoms. The van der Waals surface area contributed by atoms with E-state index in [9.17, 15) is 4.79 Å². The van der Waals surface area contributed by atoms with Gasteiger partial charge in [-0.2, -0.15) is 0 Å². The molecule has 0 saturated carbocycles. The van der Waals surface area contributed by atoms with E-state index in [2.05, 4.69) is 15.9 Å². The highest BCUT2D eigenvalue weighted by Gasteiger charge is 2.20. The van der Waals surface area contributed by atoms with E-state index < -0.39 is 0 Å². The highest BCUT2D eigenvalue weighted by molar-refractivity contribution is 5.77. The number of carbonyl (C=O) groups excluding carboxylic acids is 1. The predicted octanol–water partition coefficient (Wildman–Crippen LogP) is 2.09. The molecule has 0 aromatic carbocycles. The van der Waals surface area contributed by atoms with E-state index >= 15 is 0 Å². The Hall–Kier alpha value is -1.66. The maximum absolute atomic E-state index is 11.3. The second kappa shape index (κ2) is 6.76. The molecule has 5 heteroatoms. The number of carbonyl (C=O) groups is 1. The van der Waals surface area contributed by atoms with Gasteiger partial charge in [-0.1, -0.05) is 5.11 Å². The lowest BCUT2D eigenvalue weighted by Gasteiger charge is -2.17. The fraction of sp³-hybridized carbons (Fsp3) is 0.727. The minimum Gasteiger partial charge on any atom is -0.343 e. The molecule has 0 aliphatic carbocycles. The number of azide groups is 1. The summed E-state index contributed by atoms with van der Waals surface area (Å²) in [6.07, 6.45) is 8.76. The van der Waals surface area contributed by atoms with Crippen molar-refractivity contribution in [1.29, 1.82) is 0 Å². The van der Waals surface area contributed by atoms with Gasteiger partial charge in [-0.15, -0.1) is 12.3 Å². The van der Waals surface area contributed by atoms with E-state index in [1.54, 1.807) is 0 Å². The maximum Gasteiger partial charge on any atom is 0.222 e. The van der Waals surface area contributed by atoms with Crippen LogP contribution in [0.25, 0.3) is 10.4 Å². The third kappa shape index (κ3) is 3.84. The quantitative estimate of drug-likeness (QED) is 0.292. The van der Waals surface area contributed by atoms with Crippen LogP contribution in [0, 0.1) is 12.3 Å². The fourth-order valence-electron chi connectivity index (χ4n) is 1.83. The molecule has 1 fully saturated rings. The van der Waals surface area contributed by atoms with Crippen molar-refractivity contribution in [3.05, 3.63) is 10.4 Å². The Morgan fingerprint density at radius 2 is 2.44 bits per heavy atom. The monoisotopic (exact) mass is 220 g/mol. The van der Waals surface area contributed by atoms with E-state index in [-0.39, 0.29) is 11.9 Å². The minimum absolute atomic E-state index is 0.0885. The Labute approximate surface area is 95.4 Å². The lowest BCUT2D eigenvalue weighted by Crippen LogP contribution is -2.27. The standard InChI is InChI=1S/C11H16N4O/c1-2-3-5-10(13-14-12)7-9-15-8-4-6-11(15)16/h1,10H,3-9H2. The topological polar surface area (TPSA) is 69.1 Å². The summed E-state index contributed by atoms with van der Waals surface area (Å²) in [5, 5.41) is 3.69. The number of hydrogen-bond acceptors (Lipinski definition) is 2. The maximum atomic E-state index is 11.3. The second-order valence-electron chi connectivity index (χ2n) is 3.87. The average Bonchev–Trinajstić information content (AvgIpc) is 2.68. The zero-order chi connectivity index (χ0) is 11.8. The van der Waals surface area contributed by atoms with E-state index in [1.165, 1.54) is 0 Å². The van der Waals surface area contributed by atoms with Crippen LogP contribution in [0.4, 0.5) is 0 Å².